The van der Waals surface area contributed by atoms with E-state index < -0.39 is 0 Å². The van der Waals surface area contributed by atoms with Gasteiger partial charge in [0.15, 0.2) is 4.34 Å². The first-order valence-electron chi connectivity index (χ1n) is 6.26. The van der Waals surface area contributed by atoms with Crippen LogP contribution in [0.2, 0.25) is 0 Å². The summed E-state index contributed by atoms with van der Waals surface area (Å²) in [5, 5.41) is 17.0. The molecule has 0 unspecified atom stereocenters. The second-order valence-corrected chi connectivity index (χ2v) is 6.38. The van der Waals surface area contributed by atoms with E-state index in [0.29, 0.717) is 5.16 Å². The van der Waals surface area contributed by atoms with Crippen molar-refractivity contribution in [2.45, 2.75) is 9.50 Å². The molecule has 0 spiro atoms. The Bertz CT molecular complexity index is 880. The Balaban J connectivity index is 1.84. The van der Waals surface area contributed by atoms with Crippen LogP contribution in [0, 0.1) is 0 Å². The van der Waals surface area contributed by atoms with Crippen LogP contribution in [0.25, 0.3) is 16.5 Å². The van der Waals surface area contributed by atoms with E-state index in [1.54, 1.807) is 22.2 Å². The van der Waals surface area contributed by atoms with Crippen molar-refractivity contribution in [2.24, 2.45) is 0 Å². The molecule has 0 aliphatic heterocycles. The normalized spacial score (nSPS) is 11.0. The highest BCUT2D eigenvalue weighted by molar-refractivity contribution is 8.00. The van der Waals surface area contributed by atoms with Gasteiger partial charge in [-0.15, -0.1) is 16.4 Å². The van der Waals surface area contributed by atoms with Gasteiger partial charge in [-0.05, 0) is 33.6 Å². The molecule has 5 nitrogen and oxygen atoms in total. The molecule has 0 N–H and O–H groups in total. The van der Waals surface area contributed by atoms with Crippen molar-refractivity contribution >= 4 is 33.9 Å². The summed E-state index contributed by atoms with van der Waals surface area (Å²) >= 11 is 3.04. The Labute approximate surface area is 128 Å². The zero-order valence-electron chi connectivity index (χ0n) is 10.7. The summed E-state index contributed by atoms with van der Waals surface area (Å²) < 4.78 is 2.68. The van der Waals surface area contributed by atoms with E-state index in [1.165, 1.54) is 11.8 Å². The first-order valence-corrected chi connectivity index (χ1v) is 7.95. The van der Waals surface area contributed by atoms with Crippen molar-refractivity contribution in [3.63, 3.8) is 0 Å². The molecule has 102 valence electrons. The van der Waals surface area contributed by atoms with Crippen molar-refractivity contribution in [3.05, 3.63) is 54.0 Å². The second-order valence-electron chi connectivity index (χ2n) is 4.27. The summed E-state index contributed by atoms with van der Waals surface area (Å²) in [4.78, 5) is 4.26. The first-order chi connectivity index (χ1) is 10.4. The average molecular weight is 311 g/mol. The van der Waals surface area contributed by atoms with Crippen LogP contribution in [0.4, 0.5) is 0 Å². The van der Waals surface area contributed by atoms with E-state index in [-0.39, 0.29) is 0 Å². The Morgan fingerprint density at radius 2 is 1.95 bits per heavy atom. The predicted molar refractivity (Wildman–Crippen MR) is 82.9 cm³/mol. The van der Waals surface area contributed by atoms with Crippen LogP contribution in [0.3, 0.4) is 0 Å². The number of benzene rings is 2. The molecule has 2 heterocycles. The third-order valence-corrected chi connectivity index (χ3v) is 4.84. The molecule has 0 radical (unpaired) electrons. The van der Waals surface area contributed by atoms with Crippen LogP contribution in [0.15, 0.2) is 63.5 Å². The van der Waals surface area contributed by atoms with Crippen LogP contribution in [-0.4, -0.2) is 25.2 Å². The highest BCUT2D eigenvalue weighted by Crippen LogP contribution is 2.30. The van der Waals surface area contributed by atoms with Crippen LogP contribution in [0.1, 0.15) is 0 Å². The standard InChI is InChI=1S/C14H9N5S2/c1-2-6-11-10(4-1)5-3-7-12(11)19-13(16-17-18-19)21-14-15-8-9-20-14/h1-9H. The molecule has 0 saturated heterocycles. The van der Waals surface area contributed by atoms with Gasteiger partial charge in [-0.25, -0.2) is 4.98 Å². The molecule has 21 heavy (non-hydrogen) atoms. The van der Waals surface area contributed by atoms with Crippen molar-refractivity contribution in [2.75, 3.05) is 0 Å². The third-order valence-electron chi connectivity index (χ3n) is 3.02. The number of tetrazole rings is 1. The smallest absolute Gasteiger partial charge is 0.221 e. The van der Waals surface area contributed by atoms with Gasteiger partial charge in [0.1, 0.15) is 0 Å². The molecule has 0 atom stereocenters. The average Bonchev–Trinajstić information content (AvgIpc) is 3.19. The summed E-state index contributed by atoms with van der Waals surface area (Å²) in [7, 11) is 0. The summed E-state index contributed by atoms with van der Waals surface area (Å²) in [5.74, 6) is 0. The van der Waals surface area contributed by atoms with Crippen molar-refractivity contribution in [1.82, 2.24) is 25.2 Å². The largest absolute Gasteiger partial charge is 0.238 e. The molecular weight excluding hydrogens is 302 g/mol. The van der Waals surface area contributed by atoms with Gasteiger partial charge in [0.05, 0.1) is 5.69 Å². The molecule has 0 amide bonds. The number of aromatic nitrogens is 5. The van der Waals surface area contributed by atoms with Gasteiger partial charge < -0.3 is 0 Å². The molecule has 0 aliphatic carbocycles. The van der Waals surface area contributed by atoms with Gasteiger partial charge in [-0.1, -0.05) is 36.4 Å². The first kappa shape index (κ1) is 12.5. The minimum atomic E-state index is 0.710. The van der Waals surface area contributed by atoms with Gasteiger partial charge in [0.25, 0.3) is 0 Å². The van der Waals surface area contributed by atoms with E-state index >= 15 is 0 Å². The maximum atomic E-state index is 4.26. The summed E-state index contributed by atoms with van der Waals surface area (Å²) in [6, 6.07) is 14.3. The van der Waals surface area contributed by atoms with Crippen molar-refractivity contribution in [1.29, 1.82) is 0 Å². The Hall–Kier alpha value is -2.25. The molecular formula is C14H9N5S2. The van der Waals surface area contributed by atoms with Gasteiger partial charge in [-0.3, -0.25) is 0 Å². The van der Waals surface area contributed by atoms with Gasteiger partial charge >= 0.3 is 0 Å². The summed E-state index contributed by atoms with van der Waals surface area (Å²) in [6.07, 6.45) is 1.78. The maximum absolute atomic E-state index is 4.26. The Kier molecular flexibility index (Phi) is 3.13. The van der Waals surface area contributed by atoms with Gasteiger partial charge in [-0.2, -0.15) is 4.68 Å². The topological polar surface area (TPSA) is 56.5 Å². The number of rotatable bonds is 3. The third kappa shape index (κ3) is 2.30. The van der Waals surface area contributed by atoms with Crippen LogP contribution >= 0.6 is 23.1 Å². The summed E-state index contributed by atoms with van der Waals surface area (Å²) in [5.41, 5.74) is 0.970. The Morgan fingerprint density at radius 3 is 2.86 bits per heavy atom. The van der Waals surface area contributed by atoms with Gasteiger partial charge in [0.2, 0.25) is 5.16 Å². The second kappa shape index (κ2) is 5.27. The molecule has 4 rings (SSSR count). The van der Waals surface area contributed by atoms with Crippen LogP contribution < -0.4 is 0 Å². The van der Waals surface area contributed by atoms with Crippen LogP contribution in [0.5, 0.6) is 0 Å². The zero-order valence-corrected chi connectivity index (χ0v) is 12.4. The zero-order chi connectivity index (χ0) is 14.1. The fraction of sp³-hybridized carbons (Fsp3) is 0. The lowest BCUT2D eigenvalue weighted by Crippen LogP contribution is -1.99. The van der Waals surface area contributed by atoms with Crippen molar-refractivity contribution in [3.8, 4) is 5.69 Å². The van der Waals surface area contributed by atoms with E-state index in [0.717, 1.165) is 20.8 Å². The number of thiazole rings is 1. The quantitative estimate of drug-likeness (QED) is 0.580. The molecule has 2 aromatic heterocycles. The molecule has 2 aromatic carbocycles. The number of nitrogens with zero attached hydrogens (tertiary/aromatic N) is 5. The highest BCUT2D eigenvalue weighted by atomic mass is 32.2. The minimum absolute atomic E-state index is 0.710. The number of hydrogen-bond acceptors (Lipinski definition) is 6. The number of hydrogen-bond donors (Lipinski definition) is 0. The molecule has 0 fully saturated rings. The fourth-order valence-corrected chi connectivity index (χ4v) is 3.64. The lowest BCUT2D eigenvalue weighted by molar-refractivity contribution is 0.761. The predicted octanol–water partition coefficient (Wildman–Crippen LogP) is 3.42. The fourth-order valence-electron chi connectivity index (χ4n) is 2.13. The molecule has 7 heteroatoms. The monoisotopic (exact) mass is 311 g/mol. The minimum Gasteiger partial charge on any atom is -0.238 e. The number of fused-ring (bicyclic) bond motifs is 1. The highest BCUT2D eigenvalue weighted by Gasteiger charge is 2.13. The van der Waals surface area contributed by atoms with Gasteiger partial charge in [0, 0.05) is 17.0 Å². The van der Waals surface area contributed by atoms with E-state index in [9.17, 15) is 0 Å². The molecule has 0 bridgehead atoms. The lowest BCUT2D eigenvalue weighted by Gasteiger charge is -2.07. The lowest BCUT2D eigenvalue weighted by atomic mass is 10.1. The Morgan fingerprint density at radius 1 is 1.05 bits per heavy atom. The SMILES string of the molecule is c1ccc2c(-n3nnnc3Sc3nccs3)cccc2c1. The molecule has 0 aliphatic rings. The summed E-state index contributed by atoms with van der Waals surface area (Å²) in [6.45, 7) is 0. The maximum Gasteiger partial charge on any atom is 0.221 e. The van der Waals surface area contributed by atoms with E-state index in [2.05, 4.69) is 38.7 Å². The van der Waals surface area contributed by atoms with Crippen LogP contribution in [-0.2, 0) is 0 Å². The molecule has 4 aromatic rings. The molecule has 0 saturated carbocycles. The van der Waals surface area contributed by atoms with Crippen molar-refractivity contribution < 1.29 is 0 Å². The van der Waals surface area contributed by atoms with E-state index in [4.69, 9.17) is 0 Å². The van der Waals surface area contributed by atoms with E-state index in [1.807, 2.05) is 29.6 Å².